The Morgan fingerprint density at radius 3 is 1.03 bits per heavy atom. The number of phosphoric ester groups is 1. The number of ether oxygens (including phenoxy) is 5. The van der Waals surface area contributed by atoms with Gasteiger partial charge in [-0.2, -0.15) is 0 Å². The summed E-state index contributed by atoms with van der Waals surface area (Å²) in [5, 5.41) is 30.4. The topological polar surface area (TPSA) is 258 Å². The van der Waals surface area contributed by atoms with Crippen LogP contribution in [-0.4, -0.2) is 132 Å². The predicted octanol–water partition coefficient (Wildman–Crippen LogP) is 20.1. The van der Waals surface area contributed by atoms with Gasteiger partial charge in [0.15, 0.2) is 12.3 Å². The monoisotopic (exact) mass is 1440 g/mol. The second kappa shape index (κ2) is 68.6. The van der Waals surface area contributed by atoms with E-state index in [9.17, 15) is 43.7 Å². The number of unbranched alkanes of at least 4 members (excludes halogenated alkanes) is 44. The number of carboxylic acid groups (broad SMARTS) is 1. The number of amides is 3. The average molecular weight is 1450 g/mol. The van der Waals surface area contributed by atoms with Gasteiger partial charge in [0.05, 0.1) is 62.7 Å². The molecule has 1 rings (SSSR count). The van der Waals surface area contributed by atoms with Gasteiger partial charge in [-0.3, -0.25) is 18.9 Å². The van der Waals surface area contributed by atoms with Crippen molar-refractivity contribution in [2.45, 2.75) is 450 Å². The highest BCUT2D eigenvalue weighted by Gasteiger charge is 2.50. The molecule has 0 aliphatic carbocycles. The first-order chi connectivity index (χ1) is 48.7. The Balaban J connectivity index is 3.69. The second-order valence-electron chi connectivity index (χ2n) is 29.7. The first-order valence-corrected chi connectivity index (χ1v) is 43.7. The molecule has 0 aromatic heterocycles. The lowest BCUT2D eigenvalue weighted by atomic mass is 9.87. The molecule has 19 heteroatoms. The molecule has 18 nitrogen and oxygen atoms in total. The van der Waals surface area contributed by atoms with E-state index >= 15 is 0 Å². The average Bonchev–Trinajstić information content (AvgIpc) is 0.783. The maximum Gasteiger partial charge on any atom is 0.470 e. The molecule has 592 valence electrons. The summed E-state index contributed by atoms with van der Waals surface area (Å²) in [6, 6.07) is -2.96. The fraction of sp³-hybridized carbons (Fsp3) is 0.951. The summed E-state index contributed by atoms with van der Waals surface area (Å²) in [5.74, 6) is -3.96. The number of nitrogens with one attached hydrogen (secondary N) is 3. The van der Waals surface area contributed by atoms with Crippen molar-refractivity contribution in [3.63, 3.8) is 0 Å². The highest BCUT2D eigenvalue weighted by Crippen LogP contribution is 2.43. The number of rotatable bonds is 76. The summed E-state index contributed by atoms with van der Waals surface area (Å²) in [7, 11) is -5.37. The van der Waals surface area contributed by atoms with Crippen molar-refractivity contribution in [1.29, 1.82) is 0 Å². The zero-order valence-corrected chi connectivity index (χ0v) is 66.2. The van der Waals surface area contributed by atoms with Crippen LogP contribution in [-0.2, 0) is 52.0 Å². The third-order valence-corrected chi connectivity index (χ3v) is 20.7. The Labute approximate surface area is 612 Å². The van der Waals surface area contributed by atoms with Crippen molar-refractivity contribution in [2.24, 2.45) is 5.92 Å². The number of hydrogen-bond acceptors (Lipinski definition) is 12. The predicted molar refractivity (Wildman–Crippen MR) is 408 cm³/mol. The maximum atomic E-state index is 14.8. The zero-order chi connectivity index (χ0) is 73.2. The minimum atomic E-state index is -5.37. The number of hydrogen-bond donors (Lipinski definition) is 7. The molecular formula is C81H158N3O15P. The minimum Gasteiger partial charge on any atom is -0.480 e. The number of carbonyl (C=O) groups is 4. The Morgan fingerprint density at radius 1 is 0.420 bits per heavy atom. The van der Waals surface area contributed by atoms with Gasteiger partial charge in [0, 0.05) is 26.4 Å². The molecule has 0 saturated carbocycles. The normalized spacial score (nSPS) is 17.7. The summed E-state index contributed by atoms with van der Waals surface area (Å²) in [4.78, 5) is 77.4. The summed E-state index contributed by atoms with van der Waals surface area (Å²) >= 11 is 0. The van der Waals surface area contributed by atoms with E-state index < -0.39 is 87.5 Å². The van der Waals surface area contributed by atoms with Gasteiger partial charge in [-0.1, -0.05) is 343 Å². The minimum absolute atomic E-state index is 0.0264. The van der Waals surface area contributed by atoms with Crippen LogP contribution in [0, 0.1) is 5.92 Å². The van der Waals surface area contributed by atoms with Crippen molar-refractivity contribution in [3.8, 4) is 0 Å². The van der Waals surface area contributed by atoms with Crippen molar-refractivity contribution >= 4 is 31.5 Å². The summed E-state index contributed by atoms with van der Waals surface area (Å²) < 4.78 is 50.6. The first-order valence-electron chi connectivity index (χ1n) is 42.2. The Morgan fingerprint density at radius 2 is 0.720 bits per heavy atom. The van der Waals surface area contributed by atoms with Crippen LogP contribution in [0.1, 0.15) is 401 Å². The van der Waals surface area contributed by atoms with Gasteiger partial charge in [-0.25, -0.2) is 9.36 Å². The van der Waals surface area contributed by atoms with Crippen LogP contribution in [0.5, 0.6) is 0 Å². The largest absolute Gasteiger partial charge is 0.480 e. The van der Waals surface area contributed by atoms with E-state index in [2.05, 4.69) is 57.5 Å². The molecule has 0 radical (unpaired) electrons. The molecule has 1 fully saturated rings. The van der Waals surface area contributed by atoms with Gasteiger partial charge in [0.1, 0.15) is 12.2 Å². The summed E-state index contributed by atoms with van der Waals surface area (Å²) in [6.45, 7) is 13.0. The van der Waals surface area contributed by atoms with Gasteiger partial charge in [-0.15, -0.1) is 0 Å². The standard InChI is InChI=1S/C81H158N3O15P/c1-7-13-19-25-31-37-40-46-51-57-69(94-60-54-48-42-34-28-22-16-10-4)63-75(86)82-66-72-78(84-77(88)65-71(59-53-47-41-38-32-26-20-14-8-2)96-62-56-50-44-36-30-24-18-12-6)79(99-100(91,92)93)74(67-85)98-81(72)97-68-73(80(89)90)83-76(87)64-70(58-52-45-39-33-27-21-15-9-3)95-61-55-49-43-35-29-23-17-11-5/h69-74,78-79,81,85H,7-68H2,1-6H3,(H,82,86)(H,83,87)(H,84,88)(H,89,90)(H2,91,92,93)/t69-,70-,71-,72?,73+,74?,78?,79-,81-/m1/s1. The van der Waals surface area contributed by atoms with Crippen molar-refractivity contribution in [3.05, 3.63) is 0 Å². The molecule has 0 spiro atoms. The fourth-order valence-corrected chi connectivity index (χ4v) is 14.4. The summed E-state index contributed by atoms with van der Waals surface area (Å²) in [5.41, 5.74) is 0. The van der Waals surface area contributed by atoms with E-state index in [1.165, 1.54) is 193 Å². The lowest BCUT2D eigenvalue weighted by molar-refractivity contribution is -0.261. The fourth-order valence-electron chi connectivity index (χ4n) is 13.9. The number of carboxylic acids is 1. The Kier molecular flexibility index (Phi) is 65.6. The second-order valence-corrected chi connectivity index (χ2v) is 30.8. The lowest BCUT2D eigenvalue weighted by Crippen LogP contribution is -2.65. The van der Waals surface area contributed by atoms with E-state index in [4.69, 9.17) is 28.2 Å². The number of carbonyl (C=O) groups excluding carboxylic acids is 3. The van der Waals surface area contributed by atoms with Crippen molar-refractivity contribution < 1.29 is 72.0 Å². The molecule has 0 bridgehead atoms. The third kappa shape index (κ3) is 56.1. The SMILES string of the molecule is CCCCCCCCCCC[C@H](CC(=O)NCC1C(NC(=O)C[C@@H](CCCCCCCCCCC)OCCCCCCCCCC)[C@H](OP(=O)(O)O)C(CO)O[C@H]1OC[C@H](NC(=O)C[C@@H](CCCCCCCCCC)OCCCCCCCCCC)C(=O)O)OCCCCCCCCCC. The van der Waals surface area contributed by atoms with Gasteiger partial charge >= 0.3 is 13.8 Å². The number of phosphoric acid groups is 1. The van der Waals surface area contributed by atoms with E-state index in [1.807, 2.05) is 0 Å². The van der Waals surface area contributed by atoms with Crippen LogP contribution in [0.2, 0.25) is 0 Å². The number of aliphatic hydroxyl groups is 1. The van der Waals surface area contributed by atoms with E-state index in [0.29, 0.717) is 39.1 Å². The molecule has 0 aromatic rings. The quantitative estimate of drug-likeness (QED) is 0.0221. The molecule has 1 aliphatic heterocycles. The Hall–Kier alpha value is -2.25. The van der Waals surface area contributed by atoms with Crippen LogP contribution in [0.15, 0.2) is 0 Å². The highest BCUT2D eigenvalue weighted by molar-refractivity contribution is 7.46. The molecule has 7 N–H and O–H groups in total. The zero-order valence-electron chi connectivity index (χ0n) is 65.3. The van der Waals surface area contributed by atoms with E-state index in [0.717, 1.165) is 128 Å². The number of aliphatic carboxylic acids is 1. The molecule has 1 saturated heterocycles. The van der Waals surface area contributed by atoms with E-state index in [-0.39, 0.29) is 37.8 Å². The van der Waals surface area contributed by atoms with E-state index in [1.54, 1.807) is 0 Å². The van der Waals surface area contributed by atoms with Gasteiger partial charge in [-0.05, 0) is 38.5 Å². The van der Waals surface area contributed by atoms with Crippen molar-refractivity contribution in [1.82, 2.24) is 16.0 Å². The smallest absolute Gasteiger partial charge is 0.470 e. The lowest BCUT2D eigenvalue weighted by Gasteiger charge is -2.46. The van der Waals surface area contributed by atoms with Crippen molar-refractivity contribution in [2.75, 3.05) is 39.6 Å². The molecule has 9 atom stereocenters. The number of aliphatic hydroxyl groups excluding tert-OH is 1. The molecule has 3 amide bonds. The molecular weight excluding hydrogens is 1290 g/mol. The van der Waals surface area contributed by atoms with Gasteiger partial charge in [0.2, 0.25) is 17.7 Å². The van der Waals surface area contributed by atoms with Crippen LogP contribution >= 0.6 is 7.82 Å². The third-order valence-electron chi connectivity index (χ3n) is 20.1. The molecule has 100 heavy (non-hydrogen) atoms. The molecule has 3 unspecified atom stereocenters. The van der Waals surface area contributed by atoms with Crippen LogP contribution in [0.3, 0.4) is 0 Å². The van der Waals surface area contributed by atoms with Gasteiger partial charge in [0.25, 0.3) is 0 Å². The van der Waals surface area contributed by atoms with Crippen LogP contribution in [0.4, 0.5) is 0 Å². The van der Waals surface area contributed by atoms with Crippen LogP contribution < -0.4 is 16.0 Å². The molecule has 1 aliphatic rings. The summed E-state index contributed by atoms with van der Waals surface area (Å²) in [6.07, 6.45) is 52.8. The Bertz CT molecular complexity index is 1880. The molecule has 0 aromatic carbocycles. The maximum absolute atomic E-state index is 14.8. The van der Waals surface area contributed by atoms with Crippen LogP contribution in [0.25, 0.3) is 0 Å². The van der Waals surface area contributed by atoms with Gasteiger partial charge < -0.3 is 59.6 Å². The first kappa shape index (κ1) is 95.8. The molecule has 1 heterocycles. The highest BCUT2D eigenvalue weighted by atomic mass is 31.2.